The summed E-state index contributed by atoms with van der Waals surface area (Å²) >= 11 is 2.29. The minimum absolute atomic E-state index is 1.08. The number of rotatable bonds is 0. The molecule has 0 fully saturated rings. The first kappa shape index (κ1) is 7.85. The van der Waals surface area contributed by atoms with Crippen molar-refractivity contribution in [3.63, 3.8) is 0 Å². The molecule has 0 bridgehead atoms. The topological polar surface area (TPSA) is 3.24 Å². The fourth-order valence-corrected chi connectivity index (χ4v) is 1.74. The molecule has 0 aromatic carbocycles. The van der Waals surface area contributed by atoms with Crippen LogP contribution < -0.4 is 0 Å². The van der Waals surface area contributed by atoms with Crippen LogP contribution in [0.5, 0.6) is 0 Å². The molecule has 0 N–H and O–H groups in total. The lowest BCUT2D eigenvalue weighted by Crippen LogP contribution is -2.12. The van der Waals surface area contributed by atoms with Crippen LogP contribution in [-0.4, -0.2) is 11.9 Å². The largest absolute Gasteiger partial charge is 0.350 e. The van der Waals surface area contributed by atoms with Crippen LogP contribution in [0.2, 0.25) is 0 Å². The minimum Gasteiger partial charge on any atom is -0.350 e. The molecule has 0 unspecified atom stereocenters. The van der Waals surface area contributed by atoms with E-state index >= 15 is 0 Å². The van der Waals surface area contributed by atoms with Crippen molar-refractivity contribution >= 4 is 22.6 Å². The molecule has 0 radical (unpaired) electrons. The standard InChI is InChI=1S/C8H10IN/c1-6-4-8(9)7(2)10(3)5-6/h4-5H,2H2,1,3H3. The molecular formula is C8H10IN. The van der Waals surface area contributed by atoms with Crippen LogP contribution in [0.3, 0.4) is 0 Å². The summed E-state index contributed by atoms with van der Waals surface area (Å²) in [5.74, 6) is 0. The zero-order valence-electron chi connectivity index (χ0n) is 6.19. The van der Waals surface area contributed by atoms with Gasteiger partial charge in [0.25, 0.3) is 0 Å². The van der Waals surface area contributed by atoms with Gasteiger partial charge >= 0.3 is 0 Å². The van der Waals surface area contributed by atoms with E-state index in [2.05, 4.69) is 48.4 Å². The number of allylic oxidation sites excluding steroid dienone is 3. The monoisotopic (exact) mass is 247 g/mol. The van der Waals surface area contributed by atoms with E-state index in [9.17, 15) is 0 Å². The predicted molar refractivity (Wildman–Crippen MR) is 52.8 cm³/mol. The number of nitrogens with zero attached hydrogens (tertiary/aromatic N) is 1. The average Bonchev–Trinajstić information content (AvgIpc) is 1.82. The van der Waals surface area contributed by atoms with Gasteiger partial charge in [-0.15, -0.1) is 0 Å². The van der Waals surface area contributed by atoms with Gasteiger partial charge in [-0.25, -0.2) is 0 Å². The van der Waals surface area contributed by atoms with Gasteiger partial charge < -0.3 is 4.90 Å². The Kier molecular flexibility index (Phi) is 2.18. The molecule has 0 saturated carbocycles. The summed E-state index contributed by atoms with van der Waals surface area (Å²) in [4.78, 5) is 2.04. The van der Waals surface area contributed by atoms with E-state index in [1.54, 1.807) is 0 Å². The predicted octanol–water partition coefficient (Wildman–Crippen LogP) is 2.67. The Bertz CT molecular complexity index is 225. The van der Waals surface area contributed by atoms with Crippen LogP contribution in [0, 0.1) is 0 Å². The second-order valence-corrected chi connectivity index (χ2v) is 3.59. The summed E-state index contributed by atoms with van der Waals surface area (Å²) < 4.78 is 1.22. The molecule has 0 aliphatic carbocycles. The first-order chi connectivity index (χ1) is 4.61. The lowest BCUT2D eigenvalue weighted by molar-refractivity contribution is 0.580. The second kappa shape index (κ2) is 2.78. The molecule has 0 aromatic rings. The number of halogens is 1. The Hall–Kier alpha value is -0.250. The molecule has 2 heteroatoms. The summed E-state index contributed by atoms with van der Waals surface area (Å²) in [6.07, 6.45) is 4.20. The van der Waals surface area contributed by atoms with Gasteiger partial charge in [-0.1, -0.05) is 6.58 Å². The smallest absolute Gasteiger partial charge is 0.0466 e. The van der Waals surface area contributed by atoms with E-state index in [1.807, 2.05) is 11.9 Å². The van der Waals surface area contributed by atoms with Gasteiger partial charge in [-0.05, 0) is 41.2 Å². The van der Waals surface area contributed by atoms with Gasteiger partial charge in [-0.3, -0.25) is 0 Å². The minimum atomic E-state index is 1.08. The summed E-state index contributed by atoms with van der Waals surface area (Å²) in [6, 6.07) is 0. The quantitative estimate of drug-likeness (QED) is 0.595. The van der Waals surface area contributed by atoms with Crippen molar-refractivity contribution < 1.29 is 0 Å². The highest BCUT2D eigenvalue weighted by molar-refractivity contribution is 14.1. The molecule has 0 spiro atoms. The molecule has 10 heavy (non-hydrogen) atoms. The summed E-state index contributed by atoms with van der Waals surface area (Å²) in [7, 11) is 2.01. The molecule has 1 rings (SSSR count). The molecule has 54 valence electrons. The molecule has 1 heterocycles. The molecule has 1 aliphatic heterocycles. The van der Waals surface area contributed by atoms with Crippen molar-refractivity contribution in [2.24, 2.45) is 0 Å². The Morgan fingerprint density at radius 1 is 1.60 bits per heavy atom. The zero-order valence-corrected chi connectivity index (χ0v) is 8.34. The number of hydrogen-bond donors (Lipinski definition) is 0. The number of likely N-dealkylation sites (N-methyl/N-ethyl adjacent to an activating group) is 1. The van der Waals surface area contributed by atoms with E-state index in [-0.39, 0.29) is 0 Å². The molecule has 0 aromatic heterocycles. The first-order valence-electron chi connectivity index (χ1n) is 3.09. The van der Waals surface area contributed by atoms with Gasteiger partial charge in [0.15, 0.2) is 0 Å². The highest BCUT2D eigenvalue weighted by atomic mass is 127. The lowest BCUT2D eigenvalue weighted by Gasteiger charge is -2.21. The maximum atomic E-state index is 3.92. The zero-order chi connectivity index (χ0) is 7.72. The maximum Gasteiger partial charge on any atom is 0.0466 e. The lowest BCUT2D eigenvalue weighted by atomic mass is 10.2. The molecule has 1 aliphatic rings. The van der Waals surface area contributed by atoms with Crippen molar-refractivity contribution in [3.8, 4) is 0 Å². The fourth-order valence-electron chi connectivity index (χ4n) is 0.872. The Balaban J connectivity index is 2.95. The van der Waals surface area contributed by atoms with Crippen LogP contribution >= 0.6 is 22.6 Å². The number of hydrogen-bond acceptors (Lipinski definition) is 1. The van der Waals surface area contributed by atoms with E-state index in [4.69, 9.17) is 0 Å². The van der Waals surface area contributed by atoms with Crippen molar-refractivity contribution in [1.82, 2.24) is 4.90 Å². The summed E-state index contributed by atoms with van der Waals surface area (Å²) in [5, 5.41) is 0. The van der Waals surface area contributed by atoms with Gasteiger partial charge in [0, 0.05) is 22.5 Å². The summed E-state index contributed by atoms with van der Waals surface area (Å²) in [6.45, 7) is 6.00. The van der Waals surface area contributed by atoms with Crippen LogP contribution in [-0.2, 0) is 0 Å². The highest BCUT2D eigenvalue weighted by Crippen LogP contribution is 2.25. The van der Waals surface area contributed by atoms with Crippen molar-refractivity contribution in [1.29, 1.82) is 0 Å². The highest BCUT2D eigenvalue weighted by Gasteiger charge is 2.07. The van der Waals surface area contributed by atoms with Gasteiger partial charge in [0.1, 0.15) is 0 Å². The van der Waals surface area contributed by atoms with Gasteiger partial charge in [0.2, 0.25) is 0 Å². The van der Waals surface area contributed by atoms with E-state index in [0.29, 0.717) is 0 Å². The third-order valence-electron chi connectivity index (χ3n) is 1.45. The van der Waals surface area contributed by atoms with Gasteiger partial charge in [-0.2, -0.15) is 0 Å². The SMILES string of the molecule is C=C1C(I)=CC(C)=CN1C. The fraction of sp³-hybridized carbons (Fsp3) is 0.250. The maximum absolute atomic E-state index is 3.92. The average molecular weight is 247 g/mol. The molecule has 0 saturated heterocycles. The third-order valence-corrected chi connectivity index (χ3v) is 2.39. The van der Waals surface area contributed by atoms with E-state index < -0.39 is 0 Å². The summed E-state index contributed by atoms with van der Waals surface area (Å²) in [5.41, 5.74) is 2.35. The van der Waals surface area contributed by atoms with Crippen molar-refractivity contribution in [2.45, 2.75) is 6.92 Å². The Labute approximate surface area is 75.2 Å². The van der Waals surface area contributed by atoms with Crippen molar-refractivity contribution in [3.05, 3.63) is 33.7 Å². The van der Waals surface area contributed by atoms with Gasteiger partial charge in [0.05, 0.1) is 0 Å². The molecular weight excluding hydrogens is 237 g/mol. The normalized spacial score (nSPS) is 18.7. The second-order valence-electron chi connectivity index (χ2n) is 2.42. The Morgan fingerprint density at radius 2 is 2.20 bits per heavy atom. The molecule has 0 amide bonds. The van der Waals surface area contributed by atoms with Crippen LogP contribution in [0.15, 0.2) is 33.7 Å². The van der Waals surface area contributed by atoms with Crippen LogP contribution in [0.4, 0.5) is 0 Å². The van der Waals surface area contributed by atoms with Crippen LogP contribution in [0.25, 0.3) is 0 Å². The molecule has 1 nitrogen and oxygen atoms in total. The van der Waals surface area contributed by atoms with Crippen molar-refractivity contribution in [2.75, 3.05) is 7.05 Å². The molecule has 0 atom stereocenters. The van der Waals surface area contributed by atoms with E-state index in [1.165, 1.54) is 9.15 Å². The van der Waals surface area contributed by atoms with Crippen LogP contribution in [0.1, 0.15) is 6.92 Å². The first-order valence-corrected chi connectivity index (χ1v) is 4.17. The van der Waals surface area contributed by atoms with E-state index in [0.717, 1.165) is 5.70 Å². The third kappa shape index (κ3) is 1.42. The Morgan fingerprint density at radius 3 is 2.70 bits per heavy atom.